The molecule has 4 rings (SSSR count). The lowest BCUT2D eigenvalue weighted by Crippen LogP contribution is -2.31. The van der Waals surface area contributed by atoms with E-state index in [1.54, 1.807) is 18.3 Å². The number of nitrogens with one attached hydrogen (secondary N) is 2. The summed E-state index contributed by atoms with van der Waals surface area (Å²) >= 11 is 12.1. The summed E-state index contributed by atoms with van der Waals surface area (Å²) in [7, 11) is 0. The van der Waals surface area contributed by atoms with Crippen molar-refractivity contribution in [2.24, 2.45) is 0 Å². The van der Waals surface area contributed by atoms with Gasteiger partial charge in [-0.05, 0) is 42.0 Å². The Morgan fingerprint density at radius 1 is 1.12 bits per heavy atom. The molecule has 3 N–H and O–H groups in total. The molecule has 0 spiro atoms. The van der Waals surface area contributed by atoms with Crippen LogP contribution >= 0.6 is 23.2 Å². The van der Waals surface area contributed by atoms with Crippen LogP contribution in [0.5, 0.6) is 0 Å². The predicted molar refractivity (Wildman–Crippen MR) is 119 cm³/mol. The smallest absolute Gasteiger partial charge is 0.475 e. The fourth-order valence-electron chi connectivity index (χ4n) is 2.97. The number of carbonyl (C=O) groups excluding carboxylic acids is 1. The number of rotatable bonds is 3. The van der Waals surface area contributed by atoms with Crippen molar-refractivity contribution >= 4 is 47.2 Å². The maximum atomic E-state index is 11.9. The number of carboxylic acids is 1. The Morgan fingerprint density at radius 2 is 1.85 bits per heavy atom. The number of fused-ring (bicyclic) bond motifs is 1. The van der Waals surface area contributed by atoms with Gasteiger partial charge in [-0.1, -0.05) is 35.3 Å². The molecule has 172 valence electrons. The number of hydrogen-bond acceptors (Lipinski definition) is 3. The van der Waals surface area contributed by atoms with E-state index in [1.165, 1.54) is 0 Å². The number of carbonyl (C=O) groups is 2. The number of halogens is 5. The molecule has 0 fully saturated rings. The van der Waals surface area contributed by atoms with Crippen molar-refractivity contribution in [3.05, 3.63) is 75.2 Å². The molecule has 0 bridgehead atoms. The number of pyridine rings is 1. The van der Waals surface area contributed by atoms with Crippen LogP contribution in [0, 0.1) is 0 Å². The maximum absolute atomic E-state index is 11.9. The molecule has 1 aliphatic heterocycles. The fourth-order valence-corrected chi connectivity index (χ4v) is 3.44. The number of carboxylic acid groups (broad SMARTS) is 1. The van der Waals surface area contributed by atoms with Crippen molar-refractivity contribution < 1.29 is 27.9 Å². The Kier molecular flexibility index (Phi) is 7.45. The number of amides is 1. The van der Waals surface area contributed by atoms with E-state index in [9.17, 15) is 18.0 Å². The van der Waals surface area contributed by atoms with Gasteiger partial charge in [-0.15, -0.1) is 0 Å². The van der Waals surface area contributed by atoms with Gasteiger partial charge in [0, 0.05) is 46.2 Å². The molecule has 11 heteroatoms. The first-order valence-corrected chi connectivity index (χ1v) is 10.2. The second kappa shape index (κ2) is 10.1. The zero-order valence-electron chi connectivity index (χ0n) is 16.7. The minimum absolute atomic E-state index is 0.0275. The van der Waals surface area contributed by atoms with Crippen LogP contribution in [-0.4, -0.2) is 39.7 Å². The third-order valence-corrected chi connectivity index (χ3v) is 5.10. The molecule has 1 aliphatic rings. The standard InChI is InChI=1S/C20H15Cl2N3O.C2HF3O2/c21-14-3-1-12(17(22)10-14)2-4-15-9-13(5-7-23-15)19-11-16-18(25-19)6-8-24-20(16)26;3-2(4,5)1(6)7/h1-5,7,9-11,25H,6,8H2,(H,24,26);(H,6,7)/b4-2+;. The summed E-state index contributed by atoms with van der Waals surface area (Å²) in [5.41, 5.74) is 5.25. The van der Waals surface area contributed by atoms with Crippen molar-refractivity contribution in [2.45, 2.75) is 12.6 Å². The Bertz CT molecular complexity index is 1220. The molecule has 0 atom stereocenters. The van der Waals surface area contributed by atoms with E-state index in [-0.39, 0.29) is 5.91 Å². The Labute approximate surface area is 196 Å². The molecule has 1 aromatic carbocycles. The number of aliphatic carboxylic acids is 1. The summed E-state index contributed by atoms with van der Waals surface area (Å²) in [6, 6.07) is 11.1. The Balaban J connectivity index is 0.000000383. The maximum Gasteiger partial charge on any atom is 0.490 e. The highest BCUT2D eigenvalue weighted by Crippen LogP contribution is 2.26. The lowest BCUT2D eigenvalue weighted by Gasteiger charge is -2.10. The van der Waals surface area contributed by atoms with Gasteiger partial charge >= 0.3 is 12.1 Å². The molecule has 3 aromatic rings. The van der Waals surface area contributed by atoms with E-state index in [4.69, 9.17) is 33.1 Å². The van der Waals surface area contributed by atoms with Crippen molar-refractivity contribution in [3.63, 3.8) is 0 Å². The molecule has 33 heavy (non-hydrogen) atoms. The largest absolute Gasteiger partial charge is 0.490 e. The average Bonchev–Trinajstić information content (AvgIpc) is 3.19. The van der Waals surface area contributed by atoms with Crippen LogP contribution < -0.4 is 5.32 Å². The first-order chi connectivity index (χ1) is 15.5. The number of alkyl halides is 3. The molecular weight excluding hydrogens is 482 g/mol. The summed E-state index contributed by atoms with van der Waals surface area (Å²) in [5.74, 6) is -2.78. The molecule has 0 radical (unpaired) electrons. The van der Waals surface area contributed by atoms with Gasteiger partial charge in [-0.2, -0.15) is 13.2 Å². The zero-order chi connectivity index (χ0) is 24.2. The topological polar surface area (TPSA) is 95.1 Å². The molecule has 6 nitrogen and oxygen atoms in total. The number of hydrogen-bond donors (Lipinski definition) is 3. The Hall–Kier alpha value is -3.30. The second-order valence-corrected chi connectivity index (χ2v) is 7.70. The first-order valence-electron chi connectivity index (χ1n) is 9.44. The molecule has 0 saturated heterocycles. The first kappa shape index (κ1) is 24.3. The van der Waals surface area contributed by atoms with Gasteiger partial charge < -0.3 is 15.4 Å². The summed E-state index contributed by atoms with van der Waals surface area (Å²) in [6.07, 6.45) is 1.28. The molecule has 3 heterocycles. The van der Waals surface area contributed by atoms with Crippen LogP contribution in [0.15, 0.2) is 42.6 Å². The van der Waals surface area contributed by atoms with Crippen molar-refractivity contribution in [3.8, 4) is 11.3 Å². The number of H-pyrrole nitrogens is 1. The SMILES string of the molecule is O=C(O)C(F)(F)F.O=C1NCCc2[nH]c(-c3ccnc(/C=C/c4ccc(Cl)cc4Cl)c3)cc21. The normalized spacial score (nSPS) is 13.2. The van der Waals surface area contributed by atoms with Crippen LogP contribution in [-0.2, 0) is 11.2 Å². The average molecular weight is 498 g/mol. The predicted octanol–water partition coefficient (Wildman–Crippen LogP) is 5.47. The van der Waals surface area contributed by atoms with Crippen molar-refractivity contribution in [1.29, 1.82) is 0 Å². The Morgan fingerprint density at radius 3 is 2.48 bits per heavy atom. The van der Waals surface area contributed by atoms with E-state index in [2.05, 4.69) is 15.3 Å². The summed E-state index contributed by atoms with van der Waals surface area (Å²) < 4.78 is 31.7. The molecular formula is C22H16Cl2F3N3O3. The second-order valence-electron chi connectivity index (χ2n) is 6.85. The molecule has 0 aliphatic carbocycles. The third kappa shape index (κ3) is 6.36. The minimum Gasteiger partial charge on any atom is -0.475 e. The highest BCUT2D eigenvalue weighted by molar-refractivity contribution is 6.35. The zero-order valence-corrected chi connectivity index (χ0v) is 18.2. The summed E-state index contributed by atoms with van der Waals surface area (Å²) in [6.45, 7) is 0.665. The highest BCUT2D eigenvalue weighted by atomic mass is 35.5. The van der Waals surface area contributed by atoms with Crippen LogP contribution in [0.2, 0.25) is 10.0 Å². The van der Waals surface area contributed by atoms with E-state index in [0.29, 0.717) is 22.2 Å². The van der Waals surface area contributed by atoms with Gasteiger partial charge in [0.05, 0.1) is 11.3 Å². The van der Waals surface area contributed by atoms with Crippen LogP contribution in [0.3, 0.4) is 0 Å². The van der Waals surface area contributed by atoms with Crippen molar-refractivity contribution in [2.75, 3.05) is 6.54 Å². The van der Waals surface area contributed by atoms with E-state index in [0.717, 1.165) is 34.6 Å². The van der Waals surface area contributed by atoms with Crippen LogP contribution in [0.25, 0.3) is 23.4 Å². The third-order valence-electron chi connectivity index (χ3n) is 4.54. The summed E-state index contributed by atoms with van der Waals surface area (Å²) in [4.78, 5) is 28.6. The monoisotopic (exact) mass is 497 g/mol. The van der Waals surface area contributed by atoms with Gasteiger partial charge in [-0.25, -0.2) is 4.79 Å². The van der Waals surface area contributed by atoms with Crippen LogP contribution in [0.1, 0.15) is 27.3 Å². The number of aromatic nitrogens is 2. The van der Waals surface area contributed by atoms with Crippen molar-refractivity contribution in [1.82, 2.24) is 15.3 Å². The quantitative estimate of drug-likeness (QED) is 0.446. The van der Waals surface area contributed by atoms with Gasteiger partial charge in [0.1, 0.15) is 0 Å². The van der Waals surface area contributed by atoms with E-state index < -0.39 is 12.1 Å². The molecule has 0 saturated carbocycles. The van der Waals surface area contributed by atoms with Crippen LogP contribution in [0.4, 0.5) is 13.2 Å². The highest BCUT2D eigenvalue weighted by Gasteiger charge is 2.38. The number of nitrogens with zero attached hydrogens (tertiary/aromatic N) is 1. The van der Waals surface area contributed by atoms with E-state index >= 15 is 0 Å². The lowest BCUT2D eigenvalue weighted by molar-refractivity contribution is -0.192. The number of aromatic amines is 1. The lowest BCUT2D eigenvalue weighted by atomic mass is 10.1. The van der Waals surface area contributed by atoms with E-state index in [1.807, 2.05) is 36.4 Å². The fraction of sp³-hybridized carbons (Fsp3) is 0.136. The number of benzene rings is 1. The van der Waals surface area contributed by atoms with Gasteiger partial charge in [0.15, 0.2) is 0 Å². The molecule has 1 amide bonds. The van der Waals surface area contributed by atoms with Gasteiger partial charge in [0.2, 0.25) is 0 Å². The van der Waals surface area contributed by atoms with Gasteiger partial charge in [-0.3, -0.25) is 9.78 Å². The minimum atomic E-state index is -5.08. The molecule has 2 aromatic heterocycles. The summed E-state index contributed by atoms with van der Waals surface area (Å²) in [5, 5.41) is 11.2. The molecule has 0 unspecified atom stereocenters. The van der Waals surface area contributed by atoms with Gasteiger partial charge in [0.25, 0.3) is 5.91 Å².